The number of amides is 1. The van der Waals surface area contributed by atoms with E-state index in [0.717, 1.165) is 0 Å². The molecule has 6 nitrogen and oxygen atoms in total. The van der Waals surface area contributed by atoms with Crippen LogP contribution in [0, 0.1) is 0 Å². The summed E-state index contributed by atoms with van der Waals surface area (Å²) in [5, 5.41) is 2.77. The van der Waals surface area contributed by atoms with Gasteiger partial charge in [0.1, 0.15) is 22.8 Å². The van der Waals surface area contributed by atoms with Gasteiger partial charge in [0.15, 0.2) is 12.4 Å². The first-order valence-electron chi connectivity index (χ1n) is 8.89. The molecule has 0 fully saturated rings. The third-order valence-corrected chi connectivity index (χ3v) is 4.06. The van der Waals surface area contributed by atoms with E-state index in [9.17, 15) is 9.59 Å². The minimum Gasteiger partial charge on any atom is -0.492 e. The molecule has 2 aromatic rings. The number of ether oxygens (including phenoxy) is 3. The van der Waals surface area contributed by atoms with Crippen molar-refractivity contribution in [1.29, 1.82) is 0 Å². The zero-order valence-corrected chi connectivity index (χ0v) is 15.7. The zero-order valence-electron chi connectivity index (χ0n) is 15.7. The lowest BCUT2D eigenvalue weighted by Crippen LogP contribution is -2.35. The molecule has 1 heterocycles. The Kier molecular flexibility index (Phi) is 5.35. The Morgan fingerprint density at radius 2 is 1.96 bits per heavy atom. The molecule has 1 aliphatic rings. The fourth-order valence-corrected chi connectivity index (χ4v) is 2.91. The van der Waals surface area contributed by atoms with Crippen LogP contribution in [0.4, 0.5) is 5.69 Å². The highest BCUT2D eigenvalue weighted by molar-refractivity contribution is 6.00. The molecule has 3 rings (SSSR count). The number of ketones is 1. The van der Waals surface area contributed by atoms with Crippen LogP contribution in [0.3, 0.4) is 0 Å². The van der Waals surface area contributed by atoms with Gasteiger partial charge in [-0.25, -0.2) is 0 Å². The maximum absolute atomic E-state index is 12.2. The highest BCUT2D eigenvalue weighted by Crippen LogP contribution is 2.35. The molecule has 1 aliphatic heterocycles. The summed E-state index contributed by atoms with van der Waals surface area (Å²) in [4.78, 5) is 24.4. The first-order valence-corrected chi connectivity index (χ1v) is 8.89. The second-order valence-electron chi connectivity index (χ2n) is 6.89. The summed E-state index contributed by atoms with van der Waals surface area (Å²) in [6.45, 7) is 5.95. The Hall–Kier alpha value is -3.02. The highest BCUT2D eigenvalue weighted by Gasteiger charge is 2.32. The minimum atomic E-state index is -0.553. The van der Waals surface area contributed by atoms with Gasteiger partial charge in [0, 0.05) is 6.07 Å². The maximum Gasteiger partial charge on any atom is 0.262 e. The van der Waals surface area contributed by atoms with Crippen molar-refractivity contribution in [2.75, 3.05) is 18.5 Å². The number of para-hydroxylation sites is 2. The summed E-state index contributed by atoms with van der Waals surface area (Å²) in [6.07, 6.45) is 0.335. The molecule has 142 valence electrons. The molecule has 0 aliphatic carbocycles. The third-order valence-electron chi connectivity index (χ3n) is 4.06. The largest absolute Gasteiger partial charge is 0.492 e. The Morgan fingerprint density at radius 1 is 1.19 bits per heavy atom. The number of carbonyl (C=O) groups is 2. The van der Waals surface area contributed by atoms with Gasteiger partial charge < -0.3 is 19.5 Å². The molecule has 1 N–H and O–H groups in total. The second kappa shape index (κ2) is 7.70. The number of Topliss-reactive ketones (excluding diaryl/α,β-unsaturated/α-hetero) is 1. The fraction of sp³-hybridized carbons (Fsp3) is 0.333. The molecule has 0 radical (unpaired) electrons. The van der Waals surface area contributed by atoms with Gasteiger partial charge in [0.2, 0.25) is 0 Å². The predicted octanol–water partition coefficient (Wildman–Crippen LogP) is 3.85. The molecule has 2 aromatic carbocycles. The van der Waals surface area contributed by atoms with Crippen molar-refractivity contribution >= 4 is 17.4 Å². The first kappa shape index (κ1) is 18.8. The van der Waals surface area contributed by atoms with Gasteiger partial charge in [0.25, 0.3) is 5.91 Å². The van der Waals surface area contributed by atoms with E-state index >= 15 is 0 Å². The van der Waals surface area contributed by atoms with Crippen molar-refractivity contribution in [1.82, 2.24) is 0 Å². The third kappa shape index (κ3) is 4.58. The molecule has 0 unspecified atom stereocenters. The lowest BCUT2D eigenvalue weighted by molar-refractivity contribution is -0.118. The van der Waals surface area contributed by atoms with Crippen molar-refractivity contribution in [3.05, 3.63) is 48.0 Å². The van der Waals surface area contributed by atoms with Crippen molar-refractivity contribution in [3.8, 4) is 17.2 Å². The molecule has 27 heavy (non-hydrogen) atoms. The molecular formula is C21H23NO5. The van der Waals surface area contributed by atoms with Gasteiger partial charge in [0.05, 0.1) is 24.3 Å². The van der Waals surface area contributed by atoms with E-state index < -0.39 is 5.60 Å². The normalized spacial score (nSPS) is 14.7. The number of benzene rings is 2. The fourth-order valence-electron chi connectivity index (χ4n) is 2.91. The van der Waals surface area contributed by atoms with Gasteiger partial charge in [-0.3, -0.25) is 9.59 Å². The zero-order chi connectivity index (χ0) is 19.4. The lowest BCUT2D eigenvalue weighted by Gasteiger charge is -2.31. The van der Waals surface area contributed by atoms with E-state index in [4.69, 9.17) is 14.2 Å². The van der Waals surface area contributed by atoms with E-state index in [1.54, 1.807) is 30.3 Å². The van der Waals surface area contributed by atoms with Crippen LogP contribution in [0.2, 0.25) is 0 Å². The summed E-state index contributed by atoms with van der Waals surface area (Å²) in [6, 6.07) is 12.2. The van der Waals surface area contributed by atoms with Crippen molar-refractivity contribution in [3.63, 3.8) is 0 Å². The number of hydrogen-bond donors (Lipinski definition) is 1. The number of anilines is 1. The molecule has 0 saturated heterocycles. The highest BCUT2D eigenvalue weighted by atomic mass is 16.5. The van der Waals surface area contributed by atoms with Crippen LogP contribution < -0.4 is 19.5 Å². The van der Waals surface area contributed by atoms with Crippen LogP contribution in [0.1, 0.15) is 37.6 Å². The average Bonchev–Trinajstić information content (AvgIpc) is 2.60. The van der Waals surface area contributed by atoms with Gasteiger partial charge in [-0.05, 0) is 45.0 Å². The van der Waals surface area contributed by atoms with E-state index in [1.807, 2.05) is 32.9 Å². The van der Waals surface area contributed by atoms with Gasteiger partial charge >= 0.3 is 0 Å². The monoisotopic (exact) mass is 369 g/mol. The predicted molar refractivity (Wildman–Crippen MR) is 102 cm³/mol. The van der Waals surface area contributed by atoms with Crippen LogP contribution in [0.25, 0.3) is 0 Å². The summed E-state index contributed by atoms with van der Waals surface area (Å²) < 4.78 is 16.9. The first-order chi connectivity index (χ1) is 12.9. The average molecular weight is 369 g/mol. The number of nitrogens with one attached hydrogen (secondary N) is 1. The van der Waals surface area contributed by atoms with Crippen molar-refractivity contribution < 1.29 is 23.8 Å². The van der Waals surface area contributed by atoms with Crippen LogP contribution in [-0.4, -0.2) is 30.5 Å². The number of fused-ring (bicyclic) bond motifs is 1. The summed E-state index contributed by atoms with van der Waals surface area (Å²) in [7, 11) is 0. The number of rotatable bonds is 6. The topological polar surface area (TPSA) is 73.9 Å². The standard InChI is InChI=1S/C21H23NO5/c1-4-25-18-8-6-5-7-16(18)22-20(24)13-26-14-9-10-15-17(23)12-21(2,3)27-19(15)11-14/h5-11H,4,12-13H2,1-3H3,(H,22,24). The van der Waals surface area contributed by atoms with Crippen LogP contribution in [0.5, 0.6) is 17.2 Å². The molecule has 0 aromatic heterocycles. The second-order valence-corrected chi connectivity index (χ2v) is 6.89. The van der Waals surface area contributed by atoms with E-state index in [1.165, 1.54) is 0 Å². The SMILES string of the molecule is CCOc1ccccc1NC(=O)COc1ccc2c(c1)OC(C)(C)CC2=O. The lowest BCUT2D eigenvalue weighted by atomic mass is 9.93. The van der Waals surface area contributed by atoms with Crippen molar-refractivity contribution in [2.24, 2.45) is 0 Å². The van der Waals surface area contributed by atoms with Gasteiger partial charge in [-0.15, -0.1) is 0 Å². The van der Waals surface area contributed by atoms with E-state index in [0.29, 0.717) is 41.5 Å². The van der Waals surface area contributed by atoms with Gasteiger partial charge in [-0.2, -0.15) is 0 Å². The Balaban J connectivity index is 1.64. The van der Waals surface area contributed by atoms with Crippen molar-refractivity contribution in [2.45, 2.75) is 32.8 Å². The van der Waals surface area contributed by atoms with Crippen LogP contribution in [-0.2, 0) is 4.79 Å². The quantitative estimate of drug-likeness (QED) is 0.837. The summed E-state index contributed by atoms with van der Waals surface area (Å²) in [5.74, 6) is 1.29. The van der Waals surface area contributed by atoms with Crippen LogP contribution >= 0.6 is 0 Å². The molecule has 0 bridgehead atoms. The molecule has 0 atom stereocenters. The number of carbonyl (C=O) groups excluding carboxylic acids is 2. The molecule has 0 spiro atoms. The Labute approximate surface area is 158 Å². The maximum atomic E-state index is 12.2. The van der Waals surface area contributed by atoms with Crippen LogP contribution in [0.15, 0.2) is 42.5 Å². The van der Waals surface area contributed by atoms with Gasteiger partial charge in [-0.1, -0.05) is 12.1 Å². The number of hydrogen-bond acceptors (Lipinski definition) is 5. The molecular weight excluding hydrogens is 346 g/mol. The summed E-state index contributed by atoms with van der Waals surface area (Å²) in [5.41, 5.74) is 0.578. The Morgan fingerprint density at radius 3 is 2.74 bits per heavy atom. The van der Waals surface area contributed by atoms with E-state index in [-0.39, 0.29) is 18.3 Å². The molecule has 0 saturated carbocycles. The summed E-state index contributed by atoms with van der Waals surface area (Å²) >= 11 is 0. The molecule has 1 amide bonds. The smallest absolute Gasteiger partial charge is 0.262 e. The minimum absolute atomic E-state index is 0.0399. The van der Waals surface area contributed by atoms with E-state index in [2.05, 4.69) is 5.32 Å². The Bertz CT molecular complexity index is 859. The molecule has 6 heteroatoms.